The largest absolute Gasteiger partial charge is 0.477 e. The molecule has 0 aromatic carbocycles. The molecular weight excluding hydrogens is 230 g/mol. The van der Waals surface area contributed by atoms with Crippen molar-refractivity contribution >= 4 is 17.5 Å². The van der Waals surface area contributed by atoms with E-state index >= 15 is 0 Å². The summed E-state index contributed by atoms with van der Waals surface area (Å²) in [7, 11) is 1.88. The number of aromatic carboxylic acids is 1. The van der Waals surface area contributed by atoms with E-state index in [0.717, 1.165) is 0 Å². The zero-order valence-electron chi connectivity index (χ0n) is 11.6. The van der Waals surface area contributed by atoms with E-state index in [4.69, 9.17) is 10.8 Å². The maximum absolute atomic E-state index is 10.9. The number of nitrogen functional groups attached to an aromatic ring is 1. The molecule has 5 heteroatoms. The molecule has 0 radical (unpaired) electrons. The van der Waals surface area contributed by atoms with Crippen LogP contribution in [0.25, 0.3) is 0 Å². The monoisotopic (exact) mass is 251 g/mol. The van der Waals surface area contributed by atoms with Crippen molar-refractivity contribution in [2.45, 2.75) is 33.7 Å². The number of carbonyl (C=O) groups is 1. The van der Waals surface area contributed by atoms with Crippen molar-refractivity contribution in [1.29, 1.82) is 0 Å². The second kappa shape index (κ2) is 4.84. The zero-order chi connectivity index (χ0) is 14.1. The number of nitrogens with zero attached hydrogens (tertiary/aromatic N) is 2. The minimum absolute atomic E-state index is 0.00663. The Labute approximate surface area is 108 Å². The van der Waals surface area contributed by atoms with Crippen molar-refractivity contribution in [2.24, 2.45) is 5.41 Å². The Morgan fingerprint density at radius 1 is 1.44 bits per heavy atom. The van der Waals surface area contributed by atoms with Gasteiger partial charge in [-0.1, -0.05) is 20.8 Å². The number of hydrogen-bond acceptors (Lipinski definition) is 4. The Balaban J connectivity index is 3.16. The van der Waals surface area contributed by atoms with Gasteiger partial charge in [0.15, 0.2) is 11.5 Å². The molecule has 5 nitrogen and oxygen atoms in total. The second-order valence-electron chi connectivity index (χ2n) is 5.57. The van der Waals surface area contributed by atoms with Gasteiger partial charge < -0.3 is 15.7 Å². The third-order valence-corrected chi connectivity index (χ3v) is 3.29. The first-order valence-corrected chi connectivity index (χ1v) is 5.87. The maximum Gasteiger partial charge on any atom is 0.354 e. The first-order chi connectivity index (χ1) is 8.14. The summed E-state index contributed by atoms with van der Waals surface area (Å²) >= 11 is 0. The number of pyridine rings is 1. The van der Waals surface area contributed by atoms with Gasteiger partial charge in [0, 0.05) is 13.1 Å². The molecule has 1 heterocycles. The summed E-state index contributed by atoms with van der Waals surface area (Å²) in [5, 5.41) is 8.96. The van der Waals surface area contributed by atoms with Gasteiger partial charge in [-0.25, -0.2) is 9.78 Å². The van der Waals surface area contributed by atoms with Crippen LogP contribution >= 0.6 is 0 Å². The number of nitrogens with two attached hydrogens (primary N) is 1. The van der Waals surface area contributed by atoms with Crippen molar-refractivity contribution in [1.82, 2.24) is 4.98 Å². The van der Waals surface area contributed by atoms with Gasteiger partial charge in [-0.05, 0) is 24.5 Å². The molecule has 0 aliphatic carbocycles. The van der Waals surface area contributed by atoms with E-state index in [1.165, 1.54) is 6.07 Å². The summed E-state index contributed by atoms with van der Waals surface area (Å²) < 4.78 is 0. The van der Waals surface area contributed by atoms with Crippen LogP contribution in [0.2, 0.25) is 0 Å². The van der Waals surface area contributed by atoms with Gasteiger partial charge in [0.05, 0.1) is 5.69 Å². The van der Waals surface area contributed by atoms with Gasteiger partial charge in [0.1, 0.15) is 0 Å². The van der Waals surface area contributed by atoms with Crippen LogP contribution in [0.4, 0.5) is 11.5 Å². The number of hydrogen-bond donors (Lipinski definition) is 2. The van der Waals surface area contributed by atoms with Crippen LogP contribution in [-0.2, 0) is 0 Å². The molecule has 1 rings (SSSR count). The first-order valence-electron chi connectivity index (χ1n) is 5.87. The minimum Gasteiger partial charge on any atom is -0.477 e. The zero-order valence-corrected chi connectivity index (χ0v) is 11.6. The van der Waals surface area contributed by atoms with E-state index in [9.17, 15) is 4.79 Å². The number of anilines is 2. The lowest BCUT2D eigenvalue weighted by Crippen LogP contribution is -2.40. The SMILES string of the molecule is CC(N(C)c1nc(C(=O)O)ccc1N)C(C)(C)C. The average molecular weight is 251 g/mol. The summed E-state index contributed by atoms with van der Waals surface area (Å²) in [4.78, 5) is 17.0. The fourth-order valence-electron chi connectivity index (χ4n) is 1.63. The summed E-state index contributed by atoms with van der Waals surface area (Å²) in [5.41, 5.74) is 6.41. The Bertz CT molecular complexity index is 452. The van der Waals surface area contributed by atoms with Crippen LogP contribution in [0.3, 0.4) is 0 Å². The molecule has 0 saturated carbocycles. The van der Waals surface area contributed by atoms with E-state index < -0.39 is 5.97 Å². The summed E-state index contributed by atoms with van der Waals surface area (Å²) in [6.07, 6.45) is 0. The van der Waals surface area contributed by atoms with Crippen LogP contribution in [-0.4, -0.2) is 29.1 Å². The molecule has 3 N–H and O–H groups in total. The third kappa shape index (κ3) is 2.91. The average Bonchev–Trinajstić information content (AvgIpc) is 2.26. The molecule has 0 amide bonds. The fourth-order valence-corrected chi connectivity index (χ4v) is 1.63. The minimum atomic E-state index is -1.05. The van der Waals surface area contributed by atoms with Crippen LogP contribution in [0, 0.1) is 5.41 Å². The topological polar surface area (TPSA) is 79.5 Å². The van der Waals surface area contributed by atoms with Crippen LogP contribution in [0.5, 0.6) is 0 Å². The fraction of sp³-hybridized carbons (Fsp3) is 0.538. The molecule has 1 aromatic rings. The second-order valence-corrected chi connectivity index (χ2v) is 5.57. The molecule has 100 valence electrons. The van der Waals surface area contributed by atoms with Gasteiger partial charge in [-0.15, -0.1) is 0 Å². The molecule has 18 heavy (non-hydrogen) atoms. The molecule has 1 aromatic heterocycles. The number of carboxylic acids is 1. The predicted molar refractivity (Wildman–Crippen MR) is 72.9 cm³/mol. The lowest BCUT2D eigenvalue weighted by Gasteiger charge is -2.36. The molecule has 1 unspecified atom stereocenters. The Kier molecular flexibility index (Phi) is 3.84. The van der Waals surface area contributed by atoms with E-state index in [1.807, 2.05) is 11.9 Å². The van der Waals surface area contributed by atoms with Crippen molar-refractivity contribution in [3.8, 4) is 0 Å². The van der Waals surface area contributed by atoms with E-state index in [0.29, 0.717) is 11.5 Å². The molecule has 0 saturated heterocycles. The number of aromatic nitrogens is 1. The first kappa shape index (κ1) is 14.3. The van der Waals surface area contributed by atoms with Crippen molar-refractivity contribution in [3.05, 3.63) is 17.8 Å². The number of rotatable bonds is 3. The van der Waals surface area contributed by atoms with E-state index in [-0.39, 0.29) is 17.2 Å². The van der Waals surface area contributed by atoms with Gasteiger partial charge >= 0.3 is 5.97 Å². The molecule has 0 aliphatic heterocycles. The highest BCUT2D eigenvalue weighted by molar-refractivity contribution is 5.87. The molecule has 0 fully saturated rings. The molecule has 0 spiro atoms. The lowest BCUT2D eigenvalue weighted by molar-refractivity contribution is 0.0690. The standard InChI is InChI=1S/C13H21N3O2/c1-8(13(2,3)4)16(5)11-9(14)6-7-10(15-11)12(17)18/h6-8H,14H2,1-5H3,(H,17,18). The lowest BCUT2D eigenvalue weighted by atomic mass is 9.87. The van der Waals surface area contributed by atoms with E-state index in [2.05, 4.69) is 32.7 Å². The third-order valence-electron chi connectivity index (χ3n) is 3.29. The Morgan fingerprint density at radius 2 is 2.00 bits per heavy atom. The summed E-state index contributed by atoms with van der Waals surface area (Å²) in [6, 6.07) is 3.17. The molecule has 0 aliphatic rings. The van der Waals surface area contributed by atoms with Crippen molar-refractivity contribution in [2.75, 3.05) is 17.7 Å². The van der Waals surface area contributed by atoms with Crippen molar-refractivity contribution in [3.63, 3.8) is 0 Å². The smallest absolute Gasteiger partial charge is 0.354 e. The van der Waals surface area contributed by atoms with Crippen LogP contribution in [0.1, 0.15) is 38.2 Å². The molecule has 1 atom stereocenters. The Hall–Kier alpha value is -1.78. The van der Waals surface area contributed by atoms with Gasteiger partial charge in [-0.3, -0.25) is 0 Å². The molecule has 0 bridgehead atoms. The summed E-state index contributed by atoms with van der Waals surface area (Å²) in [6.45, 7) is 8.41. The van der Waals surface area contributed by atoms with Gasteiger partial charge in [0.25, 0.3) is 0 Å². The highest BCUT2D eigenvalue weighted by Crippen LogP contribution is 2.29. The number of carboxylic acid groups (broad SMARTS) is 1. The molecular formula is C13H21N3O2. The van der Waals surface area contributed by atoms with E-state index in [1.54, 1.807) is 6.07 Å². The van der Waals surface area contributed by atoms with Gasteiger partial charge in [-0.2, -0.15) is 0 Å². The van der Waals surface area contributed by atoms with Gasteiger partial charge in [0.2, 0.25) is 0 Å². The van der Waals surface area contributed by atoms with Crippen molar-refractivity contribution < 1.29 is 9.90 Å². The normalized spacial score (nSPS) is 13.2. The maximum atomic E-state index is 10.9. The highest BCUT2D eigenvalue weighted by Gasteiger charge is 2.26. The van der Waals surface area contributed by atoms with Crippen LogP contribution < -0.4 is 10.6 Å². The Morgan fingerprint density at radius 3 is 2.44 bits per heavy atom. The predicted octanol–water partition coefficient (Wildman–Crippen LogP) is 2.23. The quantitative estimate of drug-likeness (QED) is 0.861. The highest BCUT2D eigenvalue weighted by atomic mass is 16.4. The summed E-state index contributed by atoms with van der Waals surface area (Å²) in [5.74, 6) is -0.537. The van der Waals surface area contributed by atoms with Crippen LogP contribution in [0.15, 0.2) is 12.1 Å².